The van der Waals surface area contributed by atoms with E-state index in [1.165, 1.54) is 11.0 Å². The molecule has 0 bridgehead atoms. The van der Waals surface area contributed by atoms with Gasteiger partial charge in [0.25, 0.3) is 5.91 Å². The van der Waals surface area contributed by atoms with Crippen molar-refractivity contribution in [2.24, 2.45) is 0 Å². The number of benzene rings is 2. The van der Waals surface area contributed by atoms with Crippen molar-refractivity contribution in [1.82, 2.24) is 0 Å². The van der Waals surface area contributed by atoms with Gasteiger partial charge in [0.2, 0.25) is 0 Å². The second kappa shape index (κ2) is 5.75. The molecular formula is C16H15BrFNO. The molecule has 0 saturated carbocycles. The molecule has 0 heterocycles. The van der Waals surface area contributed by atoms with Crippen LogP contribution < -0.4 is 4.90 Å². The van der Waals surface area contributed by atoms with E-state index in [4.69, 9.17) is 0 Å². The minimum Gasteiger partial charge on any atom is -0.311 e. The minimum absolute atomic E-state index is 0.0565. The molecule has 0 saturated heterocycles. The maximum absolute atomic E-state index is 14.0. The van der Waals surface area contributed by atoms with Gasteiger partial charge in [-0.3, -0.25) is 4.79 Å². The Hall–Kier alpha value is -1.68. The molecule has 0 aromatic heterocycles. The van der Waals surface area contributed by atoms with Gasteiger partial charge in [-0.1, -0.05) is 12.1 Å². The second-order valence-corrected chi connectivity index (χ2v) is 5.67. The molecule has 1 amide bonds. The van der Waals surface area contributed by atoms with Crippen LogP contribution in [0.1, 0.15) is 21.5 Å². The number of hydrogen-bond acceptors (Lipinski definition) is 1. The lowest BCUT2D eigenvalue weighted by atomic mass is 10.1. The van der Waals surface area contributed by atoms with Crippen LogP contribution in [0, 0.1) is 19.7 Å². The van der Waals surface area contributed by atoms with Gasteiger partial charge >= 0.3 is 0 Å². The minimum atomic E-state index is -0.534. The van der Waals surface area contributed by atoms with Crippen molar-refractivity contribution >= 4 is 27.5 Å². The first kappa shape index (κ1) is 14.7. The molecule has 2 aromatic carbocycles. The van der Waals surface area contributed by atoms with E-state index in [1.54, 1.807) is 19.2 Å². The normalized spacial score (nSPS) is 10.4. The van der Waals surface area contributed by atoms with Crippen molar-refractivity contribution in [2.45, 2.75) is 13.8 Å². The Balaban J connectivity index is 2.40. The molecule has 104 valence electrons. The van der Waals surface area contributed by atoms with Crippen molar-refractivity contribution in [2.75, 3.05) is 11.9 Å². The van der Waals surface area contributed by atoms with Crippen molar-refractivity contribution < 1.29 is 9.18 Å². The molecule has 4 heteroatoms. The summed E-state index contributed by atoms with van der Waals surface area (Å²) in [5.74, 6) is -0.900. The highest BCUT2D eigenvalue weighted by Gasteiger charge is 2.19. The van der Waals surface area contributed by atoms with Crippen molar-refractivity contribution in [1.29, 1.82) is 0 Å². The van der Waals surface area contributed by atoms with Gasteiger partial charge in [0.05, 0.1) is 10.0 Å². The summed E-state index contributed by atoms with van der Waals surface area (Å²) in [5, 5.41) is 0. The van der Waals surface area contributed by atoms with E-state index in [1.807, 2.05) is 32.0 Å². The van der Waals surface area contributed by atoms with Crippen LogP contribution >= 0.6 is 15.9 Å². The van der Waals surface area contributed by atoms with Crippen LogP contribution in [0.4, 0.5) is 10.1 Å². The van der Waals surface area contributed by atoms with E-state index in [2.05, 4.69) is 15.9 Å². The number of rotatable bonds is 2. The third-order valence-electron chi connectivity index (χ3n) is 3.08. The lowest BCUT2D eigenvalue weighted by molar-refractivity contribution is 0.0989. The fourth-order valence-electron chi connectivity index (χ4n) is 2.11. The molecule has 0 spiro atoms. The van der Waals surface area contributed by atoms with Crippen LogP contribution in [0.5, 0.6) is 0 Å². The highest BCUT2D eigenvalue weighted by atomic mass is 79.9. The summed E-state index contributed by atoms with van der Waals surface area (Å²) in [6.45, 7) is 3.93. The molecule has 0 N–H and O–H groups in total. The SMILES string of the molecule is Cc1cc(C)cc(N(C)C(=O)c2cccc(Br)c2F)c1. The second-order valence-electron chi connectivity index (χ2n) is 4.81. The Morgan fingerprint density at radius 2 is 1.75 bits per heavy atom. The average molecular weight is 336 g/mol. The molecule has 20 heavy (non-hydrogen) atoms. The predicted molar refractivity (Wildman–Crippen MR) is 82.7 cm³/mol. The topological polar surface area (TPSA) is 20.3 Å². The number of carbonyl (C=O) groups is 1. The van der Waals surface area contributed by atoms with Gasteiger partial charge in [0, 0.05) is 12.7 Å². The molecule has 2 rings (SSSR count). The first-order valence-corrected chi connectivity index (χ1v) is 7.00. The van der Waals surface area contributed by atoms with Crippen LogP contribution in [0.3, 0.4) is 0 Å². The van der Waals surface area contributed by atoms with Crippen LogP contribution in [-0.2, 0) is 0 Å². The molecule has 2 aromatic rings. The summed E-state index contributed by atoms with van der Waals surface area (Å²) in [7, 11) is 1.65. The number of amides is 1. The number of halogens is 2. The zero-order chi connectivity index (χ0) is 14.9. The van der Waals surface area contributed by atoms with E-state index >= 15 is 0 Å². The number of carbonyl (C=O) groups excluding carboxylic acids is 1. The quantitative estimate of drug-likeness (QED) is 0.792. The number of aryl methyl sites for hydroxylation is 2. The summed E-state index contributed by atoms with van der Waals surface area (Å²) in [5.41, 5.74) is 2.94. The van der Waals surface area contributed by atoms with Crippen molar-refractivity contribution in [3.8, 4) is 0 Å². The largest absolute Gasteiger partial charge is 0.311 e. The number of anilines is 1. The predicted octanol–water partition coefficient (Wildman–Crippen LogP) is 4.48. The molecule has 0 aliphatic carbocycles. The Morgan fingerprint density at radius 3 is 2.35 bits per heavy atom. The Bertz CT molecular complexity index is 649. The molecule has 0 fully saturated rings. The standard InChI is InChI=1S/C16H15BrFNO/c1-10-7-11(2)9-12(8-10)19(3)16(20)13-5-4-6-14(17)15(13)18/h4-9H,1-3H3. The Labute approximate surface area is 126 Å². The van der Waals surface area contributed by atoms with Gasteiger partial charge in [-0.15, -0.1) is 0 Å². The fraction of sp³-hybridized carbons (Fsp3) is 0.188. The first-order chi connectivity index (χ1) is 9.40. The monoisotopic (exact) mass is 335 g/mol. The highest BCUT2D eigenvalue weighted by molar-refractivity contribution is 9.10. The maximum Gasteiger partial charge on any atom is 0.261 e. The molecule has 2 nitrogen and oxygen atoms in total. The Morgan fingerprint density at radius 1 is 1.15 bits per heavy atom. The van der Waals surface area contributed by atoms with Gasteiger partial charge in [0.1, 0.15) is 5.82 Å². The Kier molecular flexibility index (Phi) is 4.23. The van der Waals surface area contributed by atoms with Crippen molar-refractivity contribution in [3.05, 3.63) is 63.4 Å². The molecule has 0 unspecified atom stereocenters. The molecular weight excluding hydrogens is 321 g/mol. The first-order valence-electron chi connectivity index (χ1n) is 6.20. The van der Waals surface area contributed by atoms with Gasteiger partial charge in [-0.2, -0.15) is 0 Å². The number of hydrogen-bond donors (Lipinski definition) is 0. The van der Waals surface area contributed by atoms with Crippen LogP contribution in [0.15, 0.2) is 40.9 Å². The zero-order valence-electron chi connectivity index (χ0n) is 11.6. The zero-order valence-corrected chi connectivity index (χ0v) is 13.2. The highest BCUT2D eigenvalue weighted by Crippen LogP contribution is 2.23. The van der Waals surface area contributed by atoms with Crippen LogP contribution in [0.2, 0.25) is 0 Å². The summed E-state index contributed by atoms with van der Waals surface area (Å²) in [4.78, 5) is 13.9. The molecule has 0 atom stereocenters. The van der Waals surface area contributed by atoms with Gasteiger partial charge in [-0.25, -0.2) is 4.39 Å². The van der Waals surface area contributed by atoms with Gasteiger partial charge < -0.3 is 4.90 Å². The summed E-state index contributed by atoms with van der Waals surface area (Å²) >= 11 is 3.10. The third kappa shape index (κ3) is 2.90. The molecule has 0 aliphatic rings. The average Bonchev–Trinajstić information content (AvgIpc) is 2.39. The molecule has 0 radical (unpaired) electrons. The van der Waals surface area contributed by atoms with Crippen molar-refractivity contribution in [3.63, 3.8) is 0 Å². The molecule has 0 aliphatic heterocycles. The van der Waals surface area contributed by atoms with E-state index in [0.29, 0.717) is 0 Å². The fourth-order valence-corrected chi connectivity index (χ4v) is 2.48. The van der Waals surface area contributed by atoms with Crippen LogP contribution in [-0.4, -0.2) is 13.0 Å². The van der Waals surface area contributed by atoms with Crippen LogP contribution in [0.25, 0.3) is 0 Å². The van der Waals surface area contributed by atoms with E-state index in [0.717, 1.165) is 16.8 Å². The maximum atomic E-state index is 14.0. The lowest BCUT2D eigenvalue weighted by Gasteiger charge is -2.19. The van der Waals surface area contributed by atoms with E-state index in [9.17, 15) is 9.18 Å². The van der Waals surface area contributed by atoms with Gasteiger partial charge in [-0.05, 0) is 65.2 Å². The van der Waals surface area contributed by atoms with E-state index < -0.39 is 5.82 Å². The summed E-state index contributed by atoms with van der Waals surface area (Å²) in [6, 6.07) is 10.5. The van der Waals surface area contributed by atoms with Gasteiger partial charge in [0.15, 0.2) is 0 Å². The lowest BCUT2D eigenvalue weighted by Crippen LogP contribution is -2.27. The summed E-state index contributed by atoms with van der Waals surface area (Å²) < 4.78 is 14.3. The smallest absolute Gasteiger partial charge is 0.261 e. The summed E-state index contributed by atoms with van der Waals surface area (Å²) in [6.07, 6.45) is 0. The third-order valence-corrected chi connectivity index (χ3v) is 3.69. The number of nitrogens with zero attached hydrogens (tertiary/aromatic N) is 1. The van der Waals surface area contributed by atoms with E-state index in [-0.39, 0.29) is 15.9 Å².